The largest absolute Gasteiger partial charge is 0.465 e. The quantitative estimate of drug-likeness (QED) is 0.341. The van der Waals surface area contributed by atoms with Crippen LogP contribution in [0.5, 0.6) is 0 Å². The fraction of sp³-hybridized carbons (Fsp3) is 0.423. The maximum atomic E-state index is 15.1. The van der Waals surface area contributed by atoms with Crippen molar-refractivity contribution in [3.8, 4) is 0 Å². The maximum Gasteiger partial charge on any atom is 0.416 e. The highest BCUT2D eigenvalue weighted by Crippen LogP contribution is 2.52. The number of piperazine rings is 1. The van der Waals surface area contributed by atoms with Gasteiger partial charge in [0.05, 0.1) is 35.8 Å². The van der Waals surface area contributed by atoms with Crippen molar-refractivity contribution in [3.05, 3.63) is 58.0 Å². The van der Waals surface area contributed by atoms with E-state index in [4.69, 9.17) is 4.74 Å². The van der Waals surface area contributed by atoms with Gasteiger partial charge in [0.2, 0.25) is 0 Å². The number of benzene rings is 2. The number of hydrogen-bond acceptors (Lipinski definition) is 5. The van der Waals surface area contributed by atoms with E-state index in [1.165, 1.54) is 22.6 Å². The van der Waals surface area contributed by atoms with E-state index < -0.39 is 64.2 Å². The molecule has 3 aromatic rings. The first kappa shape index (κ1) is 28.1. The van der Waals surface area contributed by atoms with Crippen LogP contribution < -0.4 is 10.6 Å². The van der Waals surface area contributed by atoms with Crippen LogP contribution in [0.25, 0.3) is 10.9 Å². The first-order chi connectivity index (χ1) is 18.8. The molecule has 1 fully saturated rings. The number of carboxylic acid groups (broad SMARTS) is 1. The van der Waals surface area contributed by atoms with Gasteiger partial charge in [0.15, 0.2) is 0 Å². The summed E-state index contributed by atoms with van der Waals surface area (Å²) in [5.74, 6) is -1.63. The van der Waals surface area contributed by atoms with E-state index >= 15 is 4.39 Å². The molecule has 1 N–H and O–H groups in total. The SMILES string of the molecule is CO[C@H]1Cn2c(=O)nc(N3CC(C)N(C(=O)O)C(C)C3)c3cc(C(F)(F)F)cc(c32)[SH](c2ccc(F)cc2F)C1. The minimum Gasteiger partial charge on any atom is -0.465 e. The summed E-state index contributed by atoms with van der Waals surface area (Å²) in [5.41, 5.74) is -1.54. The normalized spacial score (nSPS) is 24.3. The number of rotatable bonds is 3. The molecule has 14 heteroatoms. The van der Waals surface area contributed by atoms with E-state index in [9.17, 15) is 32.3 Å². The molecule has 0 spiro atoms. The summed E-state index contributed by atoms with van der Waals surface area (Å²) >= 11 is 0. The summed E-state index contributed by atoms with van der Waals surface area (Å²) in [7, 11) is -0.481. The Kier molecular flexibility index (Phi) is 7.19. The van der Waals surface area contributed by atoms with Gasteiger partial charge in [-0.1, -0.05) is 0 Å². The lowest BCUT2D eigenvalue weighted by atomic mass is 10.1. The minimum atomic E-state index is -4.78. The zero-order valence-corrected chi connectivity index (χ0v) is 22.6. The molecule has 0 bridgehead atoms. The van der Waals surface area contributed by atoms with Crippen molar-refractivity contribution >= 4 is 33.7 Å². The van der Waals surface area contributed by atoms with E-state index in [0.29, 0.717) is 6.07 Å². The third kappa shape index (κ3) is 4.87. The smallest absolute Gasteiger partial charge is 0.416 e. The van der Waals surface area contributed by atoms with Crippen molar-refractivity contribution in [1.82, 2.24) is 14.5 Å². The molecule has 0 aliphatic carbocycles. The number of alkyl halides is 3. The Balaban J connectivity index is 1.81. The topological polar surface area (TPSA) is 87.9 Å². The second-order valence-electron chi connectivity index (χ2n) is 10.1. The lowest BCUT2D eigenvalue weighted by molar-refractivity contribution is -0.137. The standard InChI is InChI=1S/C26H27F5N4O4S/c1-13-9-33(10-14(2)35(13)25(37)38)23-18-6-15(26(29,30)31)7-21-22(18)34(24(36)32-23)11-17(39-3)12-40(21)20-5-4-16(27)8-19(20)28/h4-8,13-14,17,40H,9-12H2,1-3H3,(H,37,38)/t13?,14?,17-/m0/s1. The van der Waals surface area contributed by atoms with Gasteiger partial charge in [-0.15, -0.1) is 0 Å². The van der Waals surface area contributed by atoms with Crippen LogP contribution >= 0.6 is 10.9 Å². The minimum absolute atomic E-state index is 0.00210. The van der Waals surface area contributed by atoms with Crippen molar-refractivity contribution in [2.75, 3.05) is 30.9 Å². The summed E-state index contributed by atoms with van der Waals surface area (Å²) in [5, 5.41) is 9.64. The molecule has 40 heavy (non-hydrogen) atoms. The molecule has 1 aromatic heterocycles. The van der Waals surface area contributed by atoms with Crippen LogP contribution in [0.1, 0.15) is 19.4 Å². The summed E-state index contributed by atoms with van der Waals surface area (Å²) < 4.78 is 78.5. The first-order valence-corrected chi connectivity index (χ1v) is 14.0. The Hall–Kier alpha value is -3.39. The second-order valence-corrected chi connectivity index (χ2v) is 12.3. The summed E-state index contributed by atoms with van der Waals surface area (Å²) in [6.07, 6.45) is -6.57. The number of methoxy groups -OCH3 is 1. The Morgan fingerprint density at radius 1 is 1.07 bits per heavy atom. The number of halogens is 5. The predicted molar refractivity (Wildman–Crippen MR) is 140 cm³/mol. The molecule has 2 aliphatic rings. The highest BCUT2D eigenvalue weighted by molar-refractivity contribution is 8.17. The number of carbonyl (C=O) groups is 1. The van der Waals surface area contributed by atoms with Crippen LogP contribution in [0.4, 0.5) is 32.6 Å². The Morgan fingerprint density at radius 3 is 2.33 bits per heavy atom. The number of anilines is 1. The predicted octanol–water partition coefficient (Wildman–Crippen LogP) is 4.72. The lowest BCUT2D eigenvalue weighted by Gasteiger charge is -2.43. The van der Waals surface area contributed by atoms with Gasteiger partial charge in [-0.05, 0) is 38.1 Å². The van der Waals surface area contributed by atoms with Gasteiger partial charge in [0.1, 0.15) is 17.5 Å². The molecular weight excluding hydrogens is 559 g/mol. The molecule has 4 atom stereocenters. The van der Waals surface area contributed by atoms with Gasteiger partial charge in [-0.25, -0.2) is 18.4 Å². The number of thiol groups is 1. The monoisotopic (exact) mass is 586 g/mol. The zero-order valence-electron chi connectivity index (χ0n) is 21.7. The molecule has 8 nitrogen and oxygen atoms in total. The van der Waals surface area contributed by atoms with E-state index in [1.54, 1.807) is 18.7 Å². The highest BCUT2D eigenvalue weighted by Gasteiger charge is 2.38. The molecule has 5 rings (SSSR count). The van der Waals surface area contributed by atoms with Crippen LogP contribution in [-0.2, 0) is 17.5 Å². The molecule has 3 unspecified atom stereocenters. The molecule has 0 saturated carbocycles. The average molecular weight is 587 g/mol. The van der Waals surface area contributed by atoms with Crippen LogP contribution in [-0.4, -0.2) is 69.8 Å². The van der Waals surface area contributed by atoms with Crippen LogP contribution in [0.2, 0.25) is 0 Å². The number of hydrogen-bond donors (Lipinski definition) is 2. The highest BCUT2D eigenvalue weighted by atomic mass is 32.2. The summed E-state index contributed by atoms with van der Waals surface area (Å²) in [6, 6.07) is 3.74. The third-order valence-corrected chi connectivity index (χ3v) is 10.0. The third-order valence-electron chi connectivity index (χ3n) is 7.40. The van der Waals surface area contributed by atoms with Gasteiger partial charge in [0.25, 0.3) is 0 Å². The van der Waals surface area contributed by atoms with Gasteiger partial charge < -0.3 is 14.7 Å². The number of ether oxygens (including phenoxy) is 1. The maximum absolute atomic E-state index is 15.1. The number of aromatic nitrogens is 2. The molecule has 0 radical (unpaired) electrons. The van der Waals surface area contributed by atoms with Gasteiger partial charge in [-0.3, -0.25) is 9.47 Å². The van der Waals surface area contributed by atoms with Crippen LogP contribution in [0, 0.1) is 11.6 Å². The van der Waals surface area contributed by atoms with Crippen molar-refractivity contribution in [2.24, 2.45) is 0 Å². The molecule has 1 amide bonds. The molecule has 1 saturated heterocycles. The van der Waals surface area contributed by atoms with Crippen LogP contribution in [0.15, 0.2) is 44.9 Å². The van der Waals surface area contributed by atoms with E-state index in [1.807, 2.05) is 0 Å². The van der Waals surface area contributed by atoms with E-state index in [2.05, 4.69) is 4.98 Å². The fourth-order valence-corrected chi connectivity index (χ4v) is 8.37. The van der Waals surface area contributed by atoms with E-state index in [-0.39, 0.29) is 51.9 Å². The molecular formula is C26H27F5N4O4S. The summed E-state index contributed by atoms with van der Waals surface area (Å²) in [4.78, 5) is 32.4. The van der Waals surface area contributed by atoms with Gasteiger partial charge in [-0.2, -0.15) is 29.1 Å². The Morgan fingerprint density at radius 2 is 1.75 bits per heavy atom. The van der Waals surface area contributed by atoms with Gasteiger partial charge >= 0.3 is 18.0 Å². The van der Waals surface area contributed by atoms with Crippen molar-refractivity contribution in [1.29, 1.82) is 0 Å². The number of nitrogens with zero attached hydrogens (tertiary/aromatic N) is 4. The number of amides is 1. The molecule has 2 aliphatic heterocycles. The van der Waals surface area contributed by atoms with Crippen molar-refractivity contribution in [3.63, 3.8) is 0 Å². The van der Waals surface area contributed by atoms with Crippen molar-refractivity contribution in [2.45, 2.75) is 54.5 Å². The lowest BCUT2D eigenvalue weighted by Crippen LogP contribution is -2.58. The fourth-order valence-electron chi connectivity index (χ4n) is 5.67. The second kappa shape index (κ2) is 10.2. The average Bonchev–Trinajstić information content (AvgIpc) is 3.02. The Bertz CT molecular complexity index is 1540. The molecule has 2 aromatic carbocycles. The van der Waals surface area contributed by atoms with Gasteiger partial charge in [0, 0.05) is 47.2 Å². The Labute approximate surface area is 228 Å². The first-order valence-electron chi connectivity index (χ1n) is 12.5. The zero-order chi connectivity index (χ0) is 29.1. The summed E-state index contributed by atoms with van der Waals surface area (Å²) in [6.45, 7) is 3.49. The van der Waals surface area contributed by atoms with Crippen molar-refractivity contribution < 1.29 is 36.6 Å². The van der Waals surface area contributed by atoms with Crippen LogP contribution in [0.3, 0.4) is 0 Å². The van der Waals surface area contributed by atoms with E-state index in [0.717, 1.165) is 18.2 Å². The molecule has 3 heterocycles. The molecule has 216 valence electrons.